The Balaban J connectivity index is 1.59. The summed E-state index contributed by atoms with van der Waals surface area (Å²) in [7, 11) is 0. The van der Waals surface area contributed by atoms with Crippen molar-refractivity contribution in [1.29, 1.82) is 0 Å². The van der Waals surface area contributed by atoms with Crippen molar-refractivity contribution in [2.45, 2.75) is 32.7 Å². The smallest absolute Gasteiger partial charge is 0.175 e. The first kappa shape index (κ1) is 18.1. The van der Waals surface area contributed by atoms with Crippen LogP contribution in [0, 0.1) is 0 Å². The highest BCUT2D eigenvalue weighted by Crippen LogP contribution is 2.20. The van der Waals surface area contributed by atoms with E-state index >= 15 is 0 Å². The molecule has 2 aromatic carbocycles. The molecule has 0 fully saturated rings. The van der Waals surface area contributed by atoms with Gasteiger partial charge in [0.25, 0.3) is 0 Å². The normalized spacial score (nSPS) is 11.8. The Kier molecular flexibility index (Phi) is 6.02. The van der Waals surface area contributed by atoms with E-state index in [1.165, 1.54) is 11.1 Å². The van der Waals surface area contributed by atoms with Crippen LogP contribution in [0.15, 0.2) is 67.0 Å². The molecular formula is C21H24N4S. The molecule has 0 saturated carbocycles. The lowest BCUT2D eigenvalue weighted by atomic mass is 9.99. The van der Waals surface area contributed by atoms with Crippen LogP contribution in [0.2, 0.25) is 0 Å². The molecule has 3 aromatic rings. The van der Waals surface area contributed by atoms with Crippen LogP contribution in [-0.2, 0) is 6.54 Å². The Bertz CT molecular complexity index is 841. The molecule has 4 nitrogen and oxygen atoms in total. The van der Waals surface area contributed by atoms with Crippen LogP contribution in [0.1, 0.15) is 37.3 Å². The van der Waals surface area contributed by atoms with Gasteiger partial charge in [-0.1, -0.05) is 38.1 Å². The van der Waals surface area contributed by atoms with Gasteiger partial charge in [0.2, 0.25) is 0 Å². The average molecular weight is 365 g/mol. The van der Waals surface area contributed by atoms with Gasteiger partial charge < -0.3 is 10.6 Å². The minimum atomic E-state index is 0.576. The van der Waals surface area contributed by atoms with Gasteiger partial charge in [0.1, 0.15) is 0 Å². The zero-order chi connectivity index (χ0) is 18.4. The molecule has 0 amide bonds. The van der Waals surface area contributed by atoms with E-state index in [2.05, 4.69) is 66.0 Å². The SMILES string of the molecule is CCC(C)c1ccc(NC(=S)Nc2cccc(Cn3cccn3)c2)cc1. The topological polar surface area (TPSA) is 41.9 Å². The number of hydrogen-bond acceptors (Lipinski definition) is 2. The van der Waals surface area contributed by atoms with Crippen LogP contribution in [0.4, 0.5) is 11.4 Å². The first-order valence-electron chi connectivity index (χ1n) is 8.88. The Labute approximate surface area is 160 Å². The van der Waals surface area contributed by atoms with E-state index in [1.54, 1.807) is 6.20 Å². The predicted molar refractivity (Wildman–Crippen MR) is 113 cm³/mol. The monoisotopic (exact) mass is 364 g/mol. The summed E-state index contributed by atoms with van der Waals surface area (Å²) in [5, 5.41) is 11.3. The predicted octanol–water partition coefficient (Wildman–Crippen LogP) is 5.25. The standard InChI is InChI=1S/C21H24N4S/c1-3-16(2)18-8-10-19(11-9-18)23-21(26)24-20-7-4-6-17(14-20)15-25-13-5-12-22-25/h4-14,16H,3,15H2,1-2H3,(H2,23,24,26). The molecule has 0 aliphatic rings. The highest BCUT2D eigenvalue weighted by atomic mass is 32.1. The van der Waals surface area contributed by atoms with E-state index in [-0.39, 0.29) is 0 Å². The van der Waals surface area contributed by atoms with Gasteiger partial charge in [0.05, 0.1) is 6.54 Å². The van der Waals surface area contributed by atoms with Gasteiger partial charge in [0, 0.05) is 23.8 Å². The summed E-state index contributed by atoms with van der Waals surface area (Å²) in [6, 6.07) is 18.6. The molecule has 0 aliphatic heterocycles. The lowest BCUT2D eigenvalue weighted by Gasteiger charge is -2.13. The molecule has 1 heterocycles. The van der Waals surface area contributed by atoms with E-state index in [0.717, 1.165) is 24.3 Å². The van der Waals surface area contributed by atoms with Crippen LogP contribution in [0.3, 0.4) is 0 Å². The third-order valence-corrected chi connectivity index (χ3v) is 4.64. The van der Waals surface area contributed by atoms with Crippen LogP contribution < -0.4 is 10.6 Å². The summed E-state index contributed by atoms with van der Waals surface area (Å²) in [6.45, 7) is 5.18. The van der Waals surface area contributed by atoms with Crippen molar-refractivity contribution in [1.82, 2.24) is 9.78 Å². The van der Waals surface area contributed by atoms with E-state index in [1.807, 2.05) is 29.1 Å². The molecule has 0 saturated heterocycles. The van der Waals surface area contributed by atoms with Gasteiger partial charge in [-0.25, -0.2) is 0 Å². The average Bonchev–Trinajstić information content (AvgIpc) is 3.15. The zero-order valence-corrected chi connectivity index (χ0v) is 16.0. The minimum Gasteiger partial charge on any atom is -0.332 e. The zero-order valence-electron chi connectivity index (χ0n) is 15.1. The molecule has 1 unspecified atom stereocenters. The molecule has 0 spiro atoms. The third kappa shape index (κ3) is 4.92. The van der Waals surface area contributed by atoms with Crippen molar-refractivity contribution in [2.24, 2.45) is 0 Å². The largest absolute Gasteiger partial charge is 0.332 e. The van der Waals surface area contributed by atoms with Gasteiger partial charge in [0.15, 0.2) is 5.11 Å². The van der Waals surface area contributed by atoms with Crippen LogP contribution in [0.25, 0.3) is 0 Å². The second kappa shape index (κ2) is 8.63. The number of thiocarbonyl (C=S) groups is 1. The van der Waals surface area contributed by atoms with Gasteiger partial charge in [-0.2, -0.15) is 5.10 Å². The summed E-state index contributed by atoms with van der Waals surface area (Å²) in [5.41, 5.74) is 4.47. The van der Waals surface area contributed by atoms with Crippen molar-refractivity contribution < 1.29 is 0 Å². The van der Waals surface area contributed by atoms with Crippen molar-refractivity contribution in [3.8, 4) is 0 Å². The number of rotatable bonds is 6. The summed E-state index contributed by atoms with van der Waals surface area (Å²) >= 11 is 5.44. The molecule has 2 N–H and O–H groups in total. The van der Waals surface area contributed by atoms with E-state index < -0.39 is 0 Å². The Hall–Kier alpha value is -2.66. The number of aromatic nitrogens is 2. The molecule has 26 heavy (non-hydrogen) atoms. The van der Waals surface area contributed by atoms with E-state index in [9.17, 15) is 0 Å². The summed E-state index contributed by atoms with van der Waals surface area (Å²) in [4.78, 5) is 0. The maximum absolute atomic E-state index is 5.44. The summed E-state index contributed by atoms with van der Waals surface area (Å²) in [6.07, 6.45) is 4.88. The van der Waals surface area contributed by atoms with Gasteiger partial charge in [-0.3, -0.25) is 4.68 Å². The second-order valence-corrected chi connectivity index (χ2v) is 6.82. The van der Waals surface area contributed by atoms with Crippen molar-refractivity contribution in [3.63, 3.8) is 0 Å². The highest BCUT2D eigenvalue weighted by Gasteiger charge is 2.04. The molecule has 3 rings (SSSR count). The molecular weight excluding hydrogens is 340 g/mol. The van der Waals surface area contributed by atoms with Crippen LogP contribution >= 0.6 is 12.2 Å². The molecule has 134 valence electrons. The summed E-state index contributed by atoms with van der Waals surface area (Å²) in [5.74, 6) is 0.576. The fourth-order valence-corrected chi connectivity index (χ4v) is 2.99. The van der Waals surface area contributed by atoms with Crippen LogP contribution in [0.5, 0.6) is 0 Å². The molecule has 0 radical (unpaired) electrons. The highest BCUT2D eigenvalue weighted by molar-refractivity contribution is 7.80. The molecule has 0 bridgehead atoms. The van der Waals surface area contributed by atoms with Gasteiger partial charge >= 0.3 is 0 Å². The lowest BCUT2D eigenvalue weighted by Crippen LogP contribution is -2.19. The maximum Gasteiger partial charge on any atom is 0.175 e. The fourth-order valence-electron chi connectivity index (χ4n) is 2.75. The molecule has 0 aliphatic carbocycles. The Morgan fingerprint density at radius 3 is 2.54 bits per heavy atom. The molecule has 1 atom stereocenters. The maximum atomic E-state index is 5.44. The van der Waals surface area contributed by atoms with E-state index in [4.69, 9.17) is 12.2 Å². The van der Waals surface area contributed by atoms with Gasteiger partial charge in [-0.05, 0) is 66.0 Å². The molecule has 1 aromatic heterocycles. The first-order chi connectivity index (χ1) is 12.6. The Morgan fingerprint density at radius 2 is 1.85 bits per heavy atom. The van der Waals surface area contributed by atoms with Gasteiger partial charge in [-0.15, -0.1) is 0 Å². The number of hydrogen-bond donors (Lipinski definition) is 2. The third-order valence-electron chi connectivity index (χ3n) is 4.44. The fraction of sp³-hybridized carbons (Fsp3) is 0.238. The number of benzene rings is 2. The number of nitrogens with one attached hydrogen (secondary N) is 2. The summed E-state index contributed by atoms with van der Waals surface area (Å²) < 4.78 is 1.90. The van der Waals surface area contributed by atoms with Crippen LogP contribution in [-0.4, -0.2) is 14.9 Å². The van der Waals surface area contributed by atoms with E-state index in [0.29, 0.717) is 11.0 Å². The molecule has 5 heteroatoms. The number of anilines is 2. The van der Waals surface area contributed by atoms with Crippen molar-refractivity contribution in [2.75, 3.05) is 10.6 Å². The Morgan fingerprint density at radius 1 is 1.08 bits per heavy atom. The first-order valence-corrected chi connectivity index (χ1v) is 9.29. The number of nitrogens with zero attached hydrogens (tertiary/aromatic N) is 2. The second-order valence-electron chi connectivity index (χ2n) is 6.41. The lowest BCUT2D eigenvalue weighted by molar-refractivity contribution is 0.687. The van der Waals surface area contributed by atoms with Crippen molar-refractivity contribution in [3.05, 3.63) is 78.1 Å². The minimum absolute atomic E-state index is 0.576. The van der Waals surface area contributed by atoms with Crippen molar-refractivity contribution >= 4 is 28.7 Å². The quantitative estimate of drug-likeness (QED) is 0.586.